The number of alkyl halides is 5. The first kappa shape index (κ1) is 36.8. The van der Waals surface area contributed by atoms with E-state index in [9.17, 15) is 40.6 Å². The highest BCUT2D eigenvalue weighted by Gasteiger charge is 2.48. The second kappa shape index (κ2) is 13.7. The Balaban J connectivity index is 1.65. The van der Waals surface area contributed by atoms with Crippen LogP contribution in [0.5, 0.6) is 0 Å². The van der Waals surface area contributed by atoms with Gasteiger partial charge in [-0.15, -0.1) is 0 Å². The molecule has 1 aliphatic rings. The number of aromatic nitrogens is 3. The molecule has 1 saturated carbocycles. The number of aliphatic imine (C=N–C) groups is 1. The number of rotatable bonds is 7. The number of halogens is 7. The van der Waals surface area contributed by atoms with Crippen molar-refractivity contribution in [1.29, 1.82) is 0 Å². The highest BCUT2D eigenvalue weighted by atomic mass is 19.4. The molecular formula is C35H32F7N7O2. The van der Waals surface area contributed by atoms with Crippen LogP contribution in [-0.4, -0.2) is 55.7 Å². The van der Waals surface area contributed by atoms with E-state index in [-0.39, 0.29) is 29.2 Å². The number of benzene rings is 2. The van der Waals surface area contributed by atoms with Gasteiger partial charge in [0.05, 0.1) is 17.3 Å². The normalized spacial score (nSPS) is 17.0. The summed E-state index contributed by atoms with van der Waals surface area (Å²) in [5.74, 6) is -1.04. The number of carbonyl (C=O) groups excluding carboxylic acids is 1. The fourth-order valence-electron chi connectivity index (χ4n) is 5.79. The van der Waals surface area contributed by atoms with Gasteiger partial charge in [-0.05, 0) is 68.5 Å². The van der Waals surface area contributed by atoms with Crippen LogP contribution in [-0.2, 0) is 18.3 Å². The van der Waals surface area contributed by atoms with Crippen LogP contribution in [0.2, 0.25) is 0 Å². The molecule has 2 aromatic carbocycles. The van der Waals surface area contributed by atoms with Crippen molar-refractivity contribution in [1.82, 2.24) is 20.1 Å². The maximum atomic E-state index is 14.7. The van der Waals surface area contributed by atoms with Crippen LogP contribution in [0.4, 0.5) is 36.6 Å². The molecule has 5 rings (SSSR count). The molecule has 4 aromatic rings. The average Bonchev–Trinajstić information content (AvgIpc) is 3.49. The number of nitrogens with two attached hydrogens (primary N) is 2. The molecule has 1 aliphatic carbocycles. The Morgan fingerprint density at radius 3 is 2.45 bits per heavy atom. The second-order valence-corrected chi connectivity index (χ2v) is 12.5. The minimum atomic E-state index is -5.10. The van der Waals surface area contributed by atoms with Crippen molar-refractivity contribution < 1.29 is 40.6 Å². The SMILES string of the molecule is Cn1nc(N)c2cccc(-c3ccc(C#CC(C)(C)O)nc3C(Cc3cc(F)cc(F)c3)NC(=O)CN=C3C(=C(N)C(F)(F)F)CCC3(F)F)c21. The Kier molecular flexibility index (Phi) is 9.90. The molecule has 2 heterocycles. The number of nitrogen functional groups attached to an aromatic ring is 1. The van der Waals surface area contributed by atoms with Crippen molar-refractivity contribution in [3.05, 3.63) is 88.4 Å². The maximum Gasteiger partial charge on any atom is 0.431 e. The zero-order chi connectivity index (χ0) is 37.5. The number of para-hydroxylation sites is 1. The van der Waals surface area contributed by atoms with Gasteiger partial charge in [-0.1, -0.05) is 18.1 Å². The van der Waals surface area contributed by atoms with Crippen molar-refractivity contribution in [2.24, 2.45) is 17.8 Å². The number of aliphatic hydroxyl groups is 1. The Morgan fingerprint density at radius 2 is 1.80 bits per heavy atom. The standard InChI is InChI=1S/C35H32F7N7O2/c1-33(2,51)11-9-21-7-8-22(23-5-4-6-24-29(23)49(3)48-32(24)44)28(46-21)26(15-18-13-19(36)16-20(37)14-18)47-27(50)17-45-31-25(10-12-34(31,38)39)30(43)35(40,41)42/h4-8,13-14,16,26,51H,10,12,15,17,43H2,1-3H3,(H2,44,48)(H,47,50). The zero-order valence-electron chi connectivity index (χ0n) is 27.5. The lowest BCUT2D eigenvalue weighted by molar-refractivity contribution is -0.120. The number of hydrogen-bond acceptors (Lipinski definition) is 7. The number of anilines is 1. The van der Waals surface area contributed by atoms with Gasteiger partial charge in [0, 0.05) is 41.6 Å². The summed E-state index contributed by atoms with van der Waals surface area (Å²) in [4.78, 5) is 21.7. The molecule has 1 fully saturated rings. The third kappa shape index (κ3) is 8.31. The Hall–Kier alpha value is -5.43. The van der Waals surface area contributed by atoms with Crippen LogP contribution in [0.3, 0.4) is 0 Å². The van der Waals surface area contributed by atoms with Crippen molar-refractivity contribution in [3.63, 3.8) is 0 Å². The van der Waals surface area contributed by atoms with Crippen LogP contribution in [0.25, 0.3) is 22.0 Å². The van der Waals surface area contributed by atoms with E-state index in [1.807, 2.05) is 0 Å². The van der Waals surface area contributed by atoms with Crippen molar-refractivity contribution in [3.8, 4) is 23.0 Å². The van der Waals surface area contributed by atoms with E-state index in [4.69, 9.17) is 11.5 Å². The molecule has 1 atom stereocenters. The number of pyridine rings is 1. The molecule has 51 heavy (non-hydrogen) atoms. The summed E-state index contributed by atoms with van der Waals surface area (Å²) in [6.07, 6.45) is -7.09. The van der Waals surface area contributed by atoms with E-state index in [2.05, 4.69) is 32.2 Å². The Bertz CT molecular complexity index is 2120. The predicted molar refractivity (Wildman–Crippen MR) is 176 cm³/mol. The summed E-state index contributed by atoms with van der Waals surface area (Å²) in [7, 11) is 1.65. The lowest BCUT2D eigenvalue weighted by Gasteiger charge is -2.22. The van der Waals surface area contributed by atoms with Crippen LogP contribution in [0, 0.1) is 23.5 Å². The van der Waals surface area contributed by atoms with E-state index in [0.29, 0.717) is 28.1 Å². The quantitative estimate of drug-likeness (QED) is 0.144. The van der Waals surface area contributed by atoms with Gasteiger partial charge in [0.2, 0.25) is 5.91 Å². The molecular weight excluding hydrogens is 683 g/mol. The number of allylic oxidation sites excluding steroid dienone is 2. The van der Waals surface area contributed by atoms with Crippen LogP contribution in [0.15, 0.2) is 64.8 Å². The monoisotopic (exact) mass is 715 g/mol. The Labute approximate surface area is 287 Å². The van der Waals surface area contributed by atoms with Crippen LogP contribution >= 0.6 is 0 Å². The molecule has 9 nitrogen and oxygen atoms in total. The van der Waals surface area contributed by atoms with Crippen molar-refractivity contribution >= 4 is 28.3 Å². The highest BCUT2D eigenvalue weighted by Crippen LogP contribution is 2.40. The van der Waals surface area contributed by atoms with Gasteiger partial charge in [-0.2, -0.15) is 27.1 Å². The number of nitrogens with zero attached hydrogens (tertiary/aromatic N) is 4. The van der Waals surface area contributed by atoms with Crippen LogP contribution in [0.1, 0.15) is 49.7 Å². The predicted octanol–water partition coefficient (Wildman–Crippen LogP) is 5.66. The number of hydrogen-bond donors (Lipinski definition) is 4. The lowest BCUT2D eigenvalue weighted by Crippen LogP contribution is -2.34. The van der Waals surface area contributed by atoms with E-state index in [1.165, 1.54) is 18.5 Å². The molecule has 0 aliphatic heterocycles. The minimum Gasteiger partial charge on any atom is -0.394 e. The number of aryl methyl sites for hydroxylation is 1. The number of amides is 1. The molecule has 6 N–H and O–H groups in total. The van der Waals surface area contributed by atoms with E-state index >= 15 is 0 Å². The topological polar surface area (TPSA) is 144 Å². The summed E-state index contributed by atoms with van der Waals surface area (Å²) < 4.78 is 99.7. The first-order valence-electron chi connectivity index (χ1n) is 15.4. The molecule has 1 amide bonds. The van der Waals surface area contributed by atoms with Gasteiger partial charge in [-0.25, -0.2) is 13.8 Å². The van der Waals surface area contributed by atoms with Crippen molar-refractivity contribution in [2.75, 3.05) is 12.3 Å². The van der Waals surface area contributed by atoms with Gasteiger partial charge in [0.25, 0.3) is 5.92 Å². The molecule has 0 bridgehead atoms. The first-order valence-corrected chi connectivity index (χ1v) is 15.4. The fraction of sp³-hybridized carbons (Fsp3) is 0.314. The summed E-state index contributed by atoms with van der Waals surface area (Å²) in [5.41, 5.74) is 7.74. The first-order chi connectivity index (χ1) is 23.7. The Morgan fingerprint density at radius 1 is 1.12 bits per heavy atom. The minimum absolute atomic E-state index is 0.0679. The number of nitrogens with one attached hydrogen (secondary N) is 1. The summed E-state index contributed by atoms with van der Waals surface area (Å²) in [5, 5.41) is 17.7. The summed E-state index contributed by atoms with van der Waals surface area (Å²) in [6, 6.07) is 9.78. The average molecular weight is 716 g/mol. The number of fused-ring (bicyclic) bond motifs is 1. The third-order valence-electron chi connectivity index (χ3n) is 7.96. The zero-order valence-corrected chi connectivity index (χ0v) is 27.5. The van der Waals surface area contributed by atoms with Gasteiger partial charge < -0.3 is 21.9 Å². The van der Waals surface area contributed by atoms with E-state index in [1.54, 1.807) is 37.4 Å². The molecule has 2 aromatic heterocycles. The van der Waals surface area contributed by atoms with Gasteiger partial charge in [0.1, 0.15) is 40.9 Å². The van der Waals surface area contributed by atoms with Gasteiger partial charge in [-0.3, -0.25) is 14.5 Å². The van der Waals surface area contributed by atoms with E-state index < -0.39 is 77.7 Å². The number of carbonyl (C=O) groups is 1. The molecule has 0 saturated heterocycles. The smallest absolute Gasteiger partial charge is 0.394 e. The van der Waals surface area contributed by atoms with E-state index in [0.717, 1.165) is 12.1 Å². The fourth-order valence-corrected chi connectivity index (χ4v) is 5.79. The van der Waals surface area contributed by atoms with Crippen LogP contribution < -0.4 is 16.8 Å². The summed E-state index contributed by atoms with van der Waals surface area (Å²) >= 11 is 0. The highest BCUT2D eigenvalue weighted by molar-refractivity contribution is 6.08. The van der Waals surface area contributed by atoms with Crippen molar-refractivity contribution in [2.45, 2.75) is 56.9 Å². The third-order valence-corrected chi connectivity index (χ3v) is 7.96. The molecule has 0 spiro atoms. The second-order valence-electron chi connectivity index (χ2n) is 12.5. The molecule has 1 unspecified atom stereocenters. The maximum absolute atomic E-state index is 14.7. The lowest BCUT2D eigenvalue weighted by atomic mass is 9.93. The largest absolute Gasteiger partial charge is 0.431 e. The molecule has 0 radical (unpaired) electrons. The summed E-state index contributed by atoms with van der Waals surface area (Å²) in [6.45, 7) is 1.85. The van der Waals surface area contributed by atoms with Gasteiger partial charge in [0.15, 0.2) is 5.82 Å². The molecule has 16 heteroatoms. The molecule has 268 valence electrons. The van der Waals surface area contributed by atoms with Gasteiger partial charge >= 0.3 is 6.18 Å².